The van der Waals surface area contributed by atoms with Crippen LogP contribution in [0.15, 0.2) is 66.0 Å². The van der Waals surface area contributed by atoms with Crippen LogP contribution in [-0.4, -0.2) is 35.3 Å². The van der Waals surface area contributed by atoms with Crippen LogP contribution in [-0.2, 0) is 14.3 Å². The molecule has 0 spiro atoms. The summed E-state index contributed by atoms with van der Waals surface area (Å²) in [6.45, 7) is 1.48. The molecule has 8 heteroatoms. The third-order valence-corrected chi connectivity index (χ3v) is 6.93. The van der Waals surface area contributed by atoms with E-state index in [1.807, 2.05) is 48.7 Å². The smallest absolute Gasteiger partial charge is 0.313 e. The molecule has 166 valence electrons. The standard InChI is InChI=1S/C25H20N2O5S/c1-15-8-10-16(11-9-15)27-21(28)13-19(22(27)20-7-4-12-33-20)25(31)32-14-26-23(29)17-5-2-3-6-18(17)24(26)30/h2-12,19,22H,13-14H2,1H3/t19-,22+/m1/s1. The molecule has 1 fully saturated rings. The average molecular weight is 461 g/mol. The predicted octanol–water partition coefficient (Wildman–Crippen LogP) is 3.95. The first-order valence-electron chi connectivity index (χ1n) is 10.5. The van der Waals surface area contributed by atoms with Crippen molar-refractivity contribution in [1.82, 2.24) is 4.90 Å². The van der Waals surface area contributed by atoms with Crippen molar-refractivity contribution >= 4 is 40.7 Å². The van der Waals surface area contributed by atoms with Crippen LogP contribution in [0.1, 0.15) is 43.6 Å². The summed E-state index contributed by atoms with van der Waals surface area (Å²) >= 11 is 1.46. The van der Waals surface area contributed by atoms with Crippen molar-refractivity contribution in [3.8, 4) is 0 Å². The van der Waals surface area contributed by atoms with Crippen LogP contribution in [0, 0.1) is 12.8 Å². The maximum Gasteiger partial charge on any atom is 0.313 e. The fraction of sp³-hybridized carbons (Fsp3) is 0.200. The highest BCUT2D eigenvalue weighted by atomic mass is 32.1. The molecule has 0 aliphatic carbocycles. The molecule has 3 amide bonds. The van der Waals surface area contributed by atoms with Crippen molar-refractivity contribution in [3.63, 3.8) is 0 Å². The lowest BCUT2D eigenvalue weighted by Crippen LogP contribution is -2.35. The summed E-state index contributed by atoms with van der Waals surface area (Å²) in [5.41, 5.74) is 2.35. The summed E-state index contributed by atoms with van der Waals surface area (Å²) in [6, 6.07) is 17.3. The average Bonchev–Trinajstić information content (AvgIpc) is 3.52. The first kappa shape index (κ1) is 21.1. The molecule has 2 aliphatic heterocycles. The number of benzene rings is 2. The van der Waals surface area contributed by atoms with Crippen molar-refractivity contribution in [2.75, 3.05) is 11.6 Å². The van der Waals surface area contributed by atoms with E-state index in [1.54, 1.807) is 29.2 Å². The number of ether oxygens (including phenoxy) is 1. The van der Waals surface area contributed by atoms with E-state index in [0.29, 0.717) is 5.69 Å². The van der Waals surface area contributed by atoms with Gasteiger partial charge in [0.25, 0.3) is 11.8 Å². The van der Waals surface area contributed by atoms with Crippen molar-refractivity contribution in [2.24, 2.45) is 5.92 Å². The van der Waals surface area contributed by atoms with Gasteiger partial charge in [-0.1, -0.05) is 35.9 Å². The lowest BCUT2D eigenvalue weighted by atomic mass is 9.99. The van der Waals surface area contributed by atoms with E-state index in [0.717, 1.165) is 15.3 Å². The molecule has 3 aromatic rings. The minimum absolute atomic E-state index is 0.0165. The van der Waals surface area contributed by atoms with Gasteiger partial charge in [-0.15, -0.1) is 11.3 Å². The number of esters is 1. The van der Waals surface area contributed by atoms with Gasteiger partial charge >= 0.3 is 5.97 Å². The highest BCUT2D eigenvalue weighted by Crippen LogP contribution is 2.43. The number of amides is 3. The number of rotatable bonds is 5. The van der Waals surface area contributed by atoms with Gasteiger partial charge in [0.05, 0.1) is 23.1 Å². The molecule has 2 aliphatic rings. The molecule has 5 rings (SSSR count). The number of nitrogens with zero attached hydrogens (tertiary/aromatic N) is 2. The van der Waals surface area contributed by atoms with E-state index in [9.17, 15) is 19.2 Å². The van der Waals surface area contributed by atoms with Gasteiger partial charge in [-0.05, 0) is 42.6 Å². The second kappa shape index (κ2) is 8.29. The summed E-state index contributed by atoms with van der Waals surface area (Å²) in [7, 11) is 0. The minimum Gasteiger partial charge on any atom is -0.443 e. The molecule has 0 saturated carbocycles. The molecular formula is C25H20N2O5S. The highest BCUT2D eigenvalue weighted by Gasteiger charge is 2.47. The van der Waals surface area contributed by atoms with Crippen LogP contribution in [0.25, 0.3) is 0 Å². The molecule has 2 aromatic carbocycles. The van der Waals surface area contributed by atoms with E-state index in [1.165, 1.54) is 11.3 Å². The summed E-state index contributed by atoms with van der Waals surface area (Å²) in [4.78, 5) is 54.7. The lowest BCUT2D eigenvalue weighted by Gasteiger charge is -2.27. The Balaban J connectivity index is 1.37. The van der Waals surface area contributed by atoms with E-state index >= 15 is 0 Å². The monoisotopic (exact) mass is 460 g/mol. The Morgan fingerprint density at radius 1 is 0.970 bits per heavy atom. The van der Waals surface area contributed by atoms with Gasteiger partial charge in [0.2, 0.25) is 5.91 Å². The summed E-state index contributed by atoms with van der Waals surface area (Å²) in [5.74, 6) is -2.55. The van der Waals surface area contributed by atoms with Crippen LogP contribution in [0.3, 0.4) is 0 Å². The molecule has 0 bridgehead atoms. The third kappa shape index (κ3) is 3.62. The molecule has 1 saturated heterocycles. The summed E-state index contributed by atoms with van der Waals surface area (Å²) in [5, 5.41) is 1.90. The normalized spacial score (nSPS) is 19.8. The number of imide groups is 1. The molecule has 2 atom stereocenters. The topological polar surface area (TPSA) is 84.0 Å². The number of aryl methyl sites for hydroxylation is 1. The summed E-state index contributed by atoms with van der Waals surface area (Å²) in [6.07, 6.45) is -0.0165. The predicted molar refractivity (Wildman–Crippen MR) is 122 cm³/mol. The van der Waals surface area contributed by atoms with Crippen molar-refractivity contribution in [3.05, 3.63) is 87.6 Å². The Kier molecular flexibility index (Phi) is 5.30. The maximum atomic E-state index is 13.1. The van der Waals surface area contributed by atoms with Gasteiger partial charge in [-0.25, -0.2) is 4.90 Å². The second-order valence-corrected chi connectivity index (χ2v) is 9.03. The molecule has 7 nitrogen and oxygen atoms in total. The SMILES string of the molecule is Cc1ccc(N2C(=O)C[C@@H](C(=O)OCN3C(=O)c4ccccc4C3=O)[C@H]2c2cccs2)cc1. The van der Waals surface area contributed by atoms with E-state index in [2.05, 4.69) is 0 Å². The number of fused-ring (bicyclic) bond motifs is 1. The third-order valence-electron chi connectivity index (χ3n) is 5.99. The second-order valence-electron chi connectivity index (χ2n) is 8.05. The van der Waals surface area contributed by atoms with Crippen molar-refractivity contribution in [2.45, 2.75) is 19.4 Å². The Morgan fingerprint density at radius 2 is 1.64 bits per heavy atom. The van der Waals surface area contributed by atoms with Crippen molar-refractivity contribution < 1.29 is 23.9 Å². The quantitative estimate of drug-likeness (QED) is 0.425. The molecule has 33 heavy (non-hydrogen) atoms. The van der Waals surface area contributed by atoms with Crippen LogP contribution in [0.2, 0.25) is 0 Å². The molecule has 0 N–H and O–H groups in total. The molecule has 1 aromatic heterocycles. The first-order chi connectivity index (χ1) is 16.0. The lowest BCUT2D eigenvalue weighted by molar-refractivity contribution is -0.151. The number of anilines is 1. The molecule has 0 unspecified atom stereocenters. The van der Waals surface area contributed by atoms with Crippen LogP contribution in [0.5, 0.6) is 0 Å². The van der Waals surface area contributed by atoms with Crippen LogP contribution >= 0.6 is 11.3 Å². The fourth-order valence-electron chi connectivity index (χ4n) is 4.33. The number of carbonyl (C=O) groups excluding carboxylic acids is 4. The van der Waals surface area contributed by atoms with Crippen LogP contribution in [0.4, 0.5) is 5.69 Å². The number of hydrogen-bond acceptors (Lipinski definition) is 6. The first-order valence-corrected chi connectivity index (χ1v) is 11.4. The van der Waals surface area contributed by atoms with E-state index in [-0.39, 0.29) is 23.5 Å². The van der Waals surface area contributed by atoms with E-state index in [4.69, 9.17) is 4.74 Å². The zero-order chi connectivity index (χ0) is 23.1. The summed E-state index contributed by atoms with van der Waals surface area (Å²) < 4.78 is 5.43. The van der Waals surface area contributed by atoms with Gasteiger partial charge < -0.3 is 9.64 Å². The maximum absolute atomic E-state index is 13.1. The van der Waals surface area contributed by atoms with Gasteiger partial charge in [-0.2, -0.15) is 0 Å². The zero-order valence-corrected chi connectivity index (χ0v) is 18.6. The number of thiophene rings is 1. The highest BCUT2D eigenvalue weighted by molar-refractivity contribution is 7.10. The Hall–Kier alpha value is -3.78. The van der Waals surface area contributed by atoms with Gasteiger partial charge in [0.15, 0.2) is 6.73 Å². The van der Waals surface area contributed by atoms with E-state index < -0.39 is 36.5 Å². The Labute approximate surface area is 194 Å². The van der Waals surface area contributed by atoms with Crippen molar-refractivity contribution in [1.29, 1.82) is 0 Å². The Morgan fingerprint density at radius 3 is 2.24 bits per heavy atom. The largest absolute Gasteiger partial charge is 0.443 e. The van der Waals surface area contributed by atoms with Gasteiger partial charge in [-0.3, -0.25) is 19.2 Å². The van der Waals surface area contributed by atoms with Crippen LogP contribution < -0.4 is 4.90 Å². The molecule has 0 radical (unpaired) electrons. The molecule has 3 heterocycles. The number of carbonyl (C=O) groups is 4. The number of hydrogen-bond donors (Lipinski definition) is 0. The fourth-order valence-corrected chi connectivity index (χ4v) is 5.21. The Bertz CT molecular complexity index is 1220. The van der Waals surface area contributed by atoms with Gasteiger partial charge in [0.1, 0.15) is 0 Å². The minimum atomic E-state index is -0.757. The van der Waals surface area contributed by atoms with Gasteiger partial charge in [0, 0.05) is 17.0 Å². The zero-order valence-electron chi connectivity index (χ0n) is 17.8. The molecular weight excluding hydrogens is 440 g/mol.